The highest BCUT2D eigenvalue weighted by atomic mass is 32.2. The molecule has 0 aliphatic heterocycles. The van der Waals surface area contributed by atoms with E-state index in [1.165, 1.54) is 12.1 Å². The zero-order chi connectivity index (χ0) is 13.1. The van der Waals surface area contributed by atoms with Crippen molar-refractivity contribution in [1.29, 1.82) is 0 Å². The van der Waals surface area contributed by atoms with E-state index >= 15 is 0 Å². The SMILES string of the molecule is CC[C@@H](NS(=O)(=O)c1cccc(C)c1)C(=O)O. The highest BCUT2D eigenvalue weighted by Crippen LogP contribution is 2.11. The molecule has 1 aromatic carbocycles. The number of aryl methyl sites for hydroxylation is 1. The zero-order valence-electron chi connectivity index (χ0n) is 9.67. The van der Waals surface area contributed by atoms with Crippen molar-refractivity contribution in [2.24, 2.45) is 0 Å². The average Bonchev–Trinajstić information content (AvgIpc) is 2.25. The molecular weight excluding hydrogens is 242 g/mol. The van der Waals surface area contributed by atoms with E-state index in [1.807, 2.05) is 0 Å². The van der Waals surface area contributed by atoms with E-state index in [0.29, 0.717) is 0 Å². The maximum Gasteiger partial charge on any atom is 0.321 e. The van der Waals surface area contributed by atoms with E-state index in [-0.39, 0.29) is 11.3 Å². The summed E-state index contributed by atoms with van der Waals surface area (Å²) >= 11 is 0. The van der Waals surface area contributed by atoms with Crippen LogP contribution in [0.2, 0.25) is 0 Å². The number of rotatable bonds is 5. The second-order valence-electron chi connectivity index (χ2n) is 3.74. The topological polar surface area (TPSA) is 83.5 Å². The summed E-state index contributed by atoms with van der Waals surface area (Å²) in [6.45, 7) is 3.38. The Morgan fingerprint density at radius 2 is 2.12 bits per heavy atom. The van der Waals surface area contributed by atoms with Gasteiger partial charge in [0.1, 0.15) is 6.04 Å². The minimum absolute atomic E-state index is 0.0807. The monoisotopic (exact) mass is 257 g/mol. The molecule has 1 aromatic rings. The number of benzene rings is 1. The Morgan fingerprint density at radius 1 is 1.47 bits per heavy atom. The molecule has 0 radical (unpaired) electrons. The van der Waals surface area contributed by atoms with Crippen LogP contribution in [0.25, 0.3) is 0 Å². The summed E-state index contributed by atoms with van der Waals surface area (Å²) in [7, 11) is -3.77. The first-order chi connectivity index (χ1) is 7.86. The number of carboxylic acids is 1. The summed E-state index contributed by atoms with van der Waals surface area (Å²) in [6.07, 6.45) is 0.195. The predicted molar refractivity (Wildman–Crippen MR) is 63.2 cm³/mol. The first-order valence-corrected chi connectivity index (χ1v) is 6.67. The van der Waals surface area contributed by atoms with Crippen LogP contribution in [0.5, 0.6) is 0 Å². The summed E-state index contributed by atoms with van der Waals surface area (Å²) in [5.74, 6) is -1.18. The van der Waals surface area contributed by atoms with Gasteiger partial charge in [-0.2, -0.15) is 4.72 Å². The van der Waals surface area contributed by atoms with Gasteiger partial charge in [0.2, 0.25) is 10.0 Å². The Hall–Kier alpha value is -1.40. The van der Waals surface area contributed by atoms with Crippen molar-refractivity contribution in [2.45, 2.75) is 31.2 Å². The highest BCUT2D eigenvalue weighted by Gasteiger charge is 2.23. The van der Waals surface area contributed by atoms with Crippen molar-refractivity contribution in [3.63, 3.8) is 0 Å². The van der Waals surface area contributed by atoms with E-state index in [4.69, 9.17) is 5.11 Å². The molecular formula is C11H15NO4S. The number of hydrogen-bond acceptors (Lipinski definition) is 3. The third-order valence-electron chi connectivity index (χ3n) is 2.30. The molecule has 0 spiro atoms. The van der Waals surface area contributed by atoms with Crippen molar-refractivity contribution >= 4 is 16.0 Å². The maximum absolute atomic E-state index is 11.9. The van der Waals surface area contributed by atoms with Gasteiger partial charge in [0.05, 0.1) is 4.90 Å². The number of aliphatic carboxylic acids is 1. The minimum Gasteiger partial charge on any atom is -0.480 e. The van der Waals surface area contributed by atoms with Crippen molar-refractivity contribution in [1.82, 2.24) is 4.72 Å². The molecule has 0 amide bonds. The van der Waals surface area contributed by atoms with Crippen molar-refractivity contribution in [2.75, 3.05) is 0 Å². The van der Waals surface area contributed by atoms with Gasteiger partial charge in [0, 0.05) is 0 Å². The number of hydrogen-bond donors (Lipinski definition) is 2. The fourth-order valence-corrected chi connectivity index (χ4v) is 2.72. The molecule has 0 aromatic heterocycles. The number of sulfonamides is 1. The molecule has 1 rings (SSSR count). The van der Waals surface area contributed by atoms with Crippen molar-refractivity contribution in [3.8, 4) is 0 Å². The van der Waals surface area contributed by atoms with Crippen LogP contribution in [0.3, 0.4) is 0 Å². The first kappa shape index (κ1) is 13.7. The molecule has 5 nitrogen and oxygen atoms in total. The largest absolute Gasteiger partial charge is 0.480 e. The van der Waals surface area contributed by atoms with E-state index in [0.717, 1.165) is 5.56 Å². The van der Waals surface area contributed by atoms with Crippen LogP contribution in [-0.4, -0.2) is 25.5 Å². The molecule has 0 saturated carbocycles. The van der Waals surface area contributed by atoms with Crippen molar-refractivity contribution < 1.29 is 18.3 Å². The summed E-state index contributed by atoms with van der Waals surface area (Å²) in [5, 5.41) is 8.81. The molecule has 0 aliphatic rings. The standard InChI is InChI=1S/C11H15NO4S/c1-3-10(11(13)14)12-17(15,16)9-6-4-5-8(2)7-9/h4-7,10,12H,3H2,1-2H3,(H,13,14)/t10-/m1/s1. The van der Waals surface area contributed by atoms with E-state index < -0.39 is 22.0 Å². The number of nitrogens with one attached hydrogen (secondary N) is 1. The maximum atomic E-state index is 11.9. The summed E-state index contributed by atoms with van der Waals surface area (Å²) in [5.41, 5.74) is 0.802. The first-order valence-electron chi connectivity index (χ1n) is 5.18. The third kappa shape index (κ3) is 3.54. The molecule has 0 fully saturated rings. The normalized spacial score (nSPS) is 13.3. The van der Waals surface area contributed by atoms with E-state index in [2.05, 4.69) is 4.72 Å². The van der Waals surface area contributed by atoms with Crippen LogP contribution < -0.4 is 4.72 Å². The van der Waals surface area contributed by atoms with Gasteiger partial charge in [-0.25, -0.2) is 8.42 Å². The average molecular weight is 257 g/mol. The third-order valence-corrected chi connectivity index (χ3v) is 3.77. The zero-order valence-corrected chi connectivity index (χ0v) is 10.5. The lowest BCUT2D eigenvalue weighted by Crippen LogP contribution is -2.40. The quantitative estimate of drug-likeness (QED) is 0.828. The van der Waals surface area contributed by atoms with E-state index in [9.17, 15) is 13.2 Å². The lowest BCUT2D eigenvalue weighted by atomic mass is 10.2. The Kier molecular flexibility index (Phi) is 4.25. The molecule has 2 N–H and O–H groups in total. The Labute approximate surface area is 101 Å². The fourth-order valence-electron chi connectivity index (χ4n) is 1.35. The van der Waals surface area contributed by atoms with Crippen LogP contribution >= 0.6 is 0 Å². The summed E-state index contributed by atoms with van der Waals surface area (Å²) in [4.78, 5) is 10.9. The van der Waals surface area contributed by atoms with Gasteiger partial charge in [0.25, 0.3) is 0 Å². The summed E-state index contributed by atoms with van der Waals surface area (Å²) < 4.78 is 25.9. The summed E-state index contributed by atoms with van der Waals surface area (Å²) in [6, 6.07) is 5.22. The highest BCUT2D eigenvalue weighted by molar-refractivity contribution is 7.89. The molecule has 1 atom stereocenters. The van der Waals surface area contributed by atoms with Gasteiger partial charge in [-0.3, -0.25) is 4.79 Å². The van der Waals surface area contributed by atoms with Gasteiger partial charge in [-0.15, -0.1) is 0 Å². The van der Waals surface area contributed by atoms with Crippen LogP contribution in [0.15, 0.2) is 29.2 Å². The molecule has 0 unspecified atom stereocenters. The van der Waals surface area contributed by atoms with Gasteiger partial charge >= 0.3 is 5.97 Å². The molecule has 0 aliphatic carbocycles. The van der Waals surface area contributed by atoms with Gasteiger partial charge in [0.15, 0.2) is 0 Å². The Balaban J connectivity index is 3.00. The Bertz CT molecular complexity index is 510. The van der Waals surface area contributed by atoms with E-state index in [1.54, 1.807) is 26.0 Å². The molecule has 6 heteroatoms. The fraction of sp³-hybridized carbons (Fsp3) is 0.364. The van der Waals surface area contributed by atoms with Crippen molar-refractivity contribution in [3.05, 3.63) is 29.8 Å². The molecule has 0 bridgehead atoms. The van der Waals surface area contributed by atoms with Crippen LogP contribution in [0.4, 0.5) is 0 Å². The second-order valence-corrected chi connectivity index (χ2v) is 5.45. The molecule has 94 valence electrons. The molecule has 0 heterocycles. The van der Waals surface area contributed by atoms with Gasteiger partial charge < -0.3 is 5.11 Å². The molecule has 17 heavy (non-hydrogen) atoms. The lowest BCUT2D eigenvalue weighted by molar-refractivity contribution is -0.139. The second kappa shape index (κ2) is 5.29. The van der Waals surface area contributed by atoms with Crippen LogP contribution in [-0.2, 0) is 14.8 Å². The number of carbonyl (C=O) groups is 1. The number of carboxylic acid groups (broad SMARTS) is 1. The minimum atomic E-state index is -3.77. The lowest BCUT2D eigenvalue weighted by Gasteiger charge is -2.12. The predicted octanol–water partition coefficient (Wildman–Crippen LogP) is 1.14. The van der Waals surface area contributed by atoms with Crippen LogP contribution in [0.1, 0.15) is 18.9 Å². The molecule has 0 saturated heterocycles. The Morgan fingerprint density at radius 3 is 2.59 bits per heavy atom. The van der Waals surface area contributed by atoms with Crippen LogP contribution in [0, 0.1) is 6.92 Å². The van der Waals surface area contributed by atoms with Gasteiger partial charge in [-0.1, -0.05) is 19.1 Å². The smallest absolute Gasteiger partial charge is 0.321 e. The van der Waals surface area contributed by atoms with Gasteiger partial charge in [-0.05, 0) is 31.0 Å².